The van der Waals surface area contributed by atoms with Crippen LogP contribution in [0, 0.1) is 23.7 Å². The fourth-order valence-corrected chi connectivity index (χ4v) is 5.48. The van der Waals surface area contributed by atoms with Crippen LogP contribution in [0.25, 0.3) is 0 Å². The Balaban J connectivity index is 0.00000300. The highest BCUT2D eigenvalue weighted by atomic mass is 16.8. The van der Waals surface area contributed by atoms with Crippen molar-refractivity contribution < 1.29 is 24.8 Å². The summed E-state index contributed by atoms with van der Waals surface area (Å²) in [7, 11) is 0. The quantitative estimate of drug-likeness (QED) is 0.442. The monoisotopic (exact) mass is 415 g/mol. The zero-order valence-corrected chi connectivity index (χ0v) is 18.3. The van der Waals surface area contributed by atoms with Crippen LogP contribution in [0.15, 0.2) is 11.9 Å². The van der Waals surface area contributed by atoms with E-state index in [2.05, 4.69) is 27.7 Å². The minimum atomic E-state index is -0.946. The highest BCUT2D eigenvalue weighted by Crippen LogP contribution is 2.54. The molecule has 170 valence electrons. The average Bonchev–Trinajstić information content (AvgIpc) is 2.75. The molecule has 1 saturated carbocycles. The Kier molecular flexibility index (Phi) is 8.35. The van der Waals surface area contributed by atoms with Crippen molar-refractivity contribution in [2.75, 3.05) is 13.2 Å². The Bertz CT molecular complexity index is 562. The van der Waals surface area contributed by atoms with Crippen molar-refractivity contribution >= 4 is 0 Å². The maximum Gasteiger partial charge on any atom is 0.190 e. The summed E-state index contributed by atoms with van der Waals surface area (Å²) in [4.78, 5) is 0. The second-order valence-corrected chi connectivity index (χ2v) is 9.13. The molecule has 0 spiro atoms. The van der Waals surface area contributed by atoms with Crippen molar-refractivity contribution in [1.29, 1.82) is 0 Å². The summed E-state index contributed by atoms with van der Waals surface area (Å²) in [6.45, 7) is 9.45. The first-order valence-electron chi connectivity index (χ1n) is 10.9. The van der Waals surface area contributed by atoms with E-state index in [1.54, 1.807) is 11.2 Å². The molecule has 3 rings (SSSR count). The van der Waals surface area contributed by atoms with Gasteiger partial charge in [0.25, 0.3) is 0 Å². The Hall–Kier alpha value is -0.900. The fraction of sp³-hybridized carbons (Fsp3) is 0.905. The van der Waals surface area contributed by atoms with Crippen molar-refractivity contribution in [3.63, 3.8) is 0 Å². The molecule has 0 radical (unpaired) electrons. The molecule has 2 saturated heterocycles. The summed E-state index contributed by atoms with van der Waals surface area (Å²) in [6, 6.07) is 0. The van der Waals surface area contributed by atoms with E-state index in [0.717, 1.165) is 38.6 Å². The van der Waals surface area contributed by atoms with Gasteiger partial charge in [0.2, 0.25) is 0 Å². The van der Waals surface area contributed by atoms with Crippen LogP contribution < -0.4 is 11.6 Å². The molecule has 29 heavy (non-hydrogen) atoms. The Morgan fingerprint density at radius 1 is 1.17 bits per heavy atom. The number of nitrogens with zero attached hydrogens (tertiary/aromatic N) is 1. The number of rotatable bonds is 6. The molecule has 0 aromatic carbocycles. The van der Waals surface area contributed by atoms with Gasteiger partial charge >= 0.3 is 0 Å². The molecule has 0 amide bonds. The van der Waals surface area contributed by atoms with Gasteiger partial charge in [0.15, 0.2) is 12.6 Å². The lowest BCUT2D eigenvalue weighted by Crippen LogP contribution is -2.66. The minimum absolute atomic E-state index is 0. The highest BCUT2D eigenvalue weighted by Gasteiger charge is 2.62. The van der Waals surface area contributed by atoms with Gasteiger partial charge in [-0.1, -0.05) is 20.8 Å². The molecule has 2 aliphatic heterocycles. The summed E-state index contributed by atoms with van der Waals surface area (Å²) in [5.41, 5.74) is 5.68. The molecule has 7 N–H and O–H groups in total. The predicted molar refractivity (Wildman–Crippen MR) is 111 cm³/mol. The van der Waals surface area contributed by atoms with Crippen LogP contribution in [0.2, 0.25) is 0 Å². The van der Waals surface area contributed by atoms with Gasteiger partial charge in [-0.3, -0.25) is 0 Å². The standard InChI is InChI=1S/C21H39N3O4.H2O/c1-5-10-24(23)11-16(22)12-26-19-15(4)18-8-6-13(2)17-9-7-14(3)27-20(28-19)21(17,18)25;/h11,13-15,17-20,25H,5-10,12,22-23H2,1-4H3;1H2/b16-11-;/t13-,14+,15-,17+,18+,19-,20+,21-;/m1./s1. The van der Waals surface area contributed by atoms with E-state index >= 15 is 0 Å². The van der Waals surface area contributed by atoms with Crippen molar-refractivity contribution in [1.82, 2.24) is 5.01 Å². The third-order valence-corrected chi connectivity index (χ3v) is 6.97. The minimum Gasteiger partial charge on any atom is -0.412 e. The van der Waals surface area contributed by atoms with E-state index in [-0.39, 0.29) is 35.9 Å². The van der Waals surface area contributed by atoms with Crippen molar-refractivity contribution in [3.8, 4) is 0 Å². The number of ether oxygens (including phenoxy) is 3. The van der Waals surface area contributed by atoms with Crippen LogP contribution in [0.5, 0.6) is 0 Å². The van der Waals surface area contributed by atoms with Crippen LogP contribution in [-0.2, 0) is 14.2 Å². The van der Waals surface area contributed by atoms with Gasteiger partial charge in [-0.15, -0.1) is 0 Å². The second kappa shape index (κ2) is 9.94. The maximum atomic E-state index is 11.8. The lowest BCUT2D eigenvalue weighted by Gasteiger charge is -2.57. The fourth-order valence-electron chi connectivity index (χ4n) is 5.48. The van der Waals surface area contributed by atoms with Gasteiger partial charge in [-0.25, -0.2) is 5.84 Å². The summed E-state index contributed by atoms with van der Waals surface area (Å²) < 4.78 is 18.4. The lowest BCUT2D eigenvalue weighted by atomic mass is 9.58. The molecule has 2 heterocycles. The third kappa shape index (κ3) is 4.89. The summed E-state index contributed by atoms with van der Waals surface area (Å²) in [5, 5.41) is 13.4. The maximum absolute atomic E-state index is 11.8. The molecular formula is C21H41N3O5. The number of aliphatic hydroxyl groups is 1. The van der Waals surface area contributed by atoms with Gasteiger partial charge in [0.1, 0.15) is 5.60 Å². The number of hydrogen-bond donors (Lipinski definition) is 3. The summed E-state index contributed by atoms with van der Waals surface area (Å²) in [6.07, 6.45) is 5.61. The Morgan fingerprint density at radius 3 is 2.55 bits per heavy atom. The largest absolute Gasteiger partial charge is 0.412 e. The first-order chi connectivity index (χ1) is 13.3. The molecule has 1 aliphatic carbocycles. The number of nitrogens with two attached hydrogens (primary N) is 2. The smallest absolute Gasteiger partial charge is 0.190 e. The van der Waals surface area contributed by atoms with Gasteiger partial charge in [-0.05, 0) is 50.9 Å². The zero-order valence-electron chi connectivity index (χ0n) is 18.3. The van der Waals surface area contributed by atoms with Crippen molar-refractivity contribution in [2.45, 2.75) is 84.1 Å². The van der Waals surface area contributed by atoms with E-state index in [1.165, 1.54) is 0 Å². The molecule has 0 aromatic heterocycles. The summed E-state index contributed by atoms with van der Waals surface area (Å²) >= 11 is 0. The van der Waals surface area contributed by atoms with Gasteiger partial charge in [-0.2, -0.15) is 0 Å². The molecule has 8 heteroatoms. The van der Waals surface area contributed by atoms with Crippen LogP contribution in [0.4, 0.5) is 0 Å². The first kappa shape index (κ1) is 24.4. The molecule has 0 bridgehead atoms. The number of hydrogen-bond acceptors (Lipinski definition) is 7. The average molecular weight is 416 g/mol. The van der Waals surface area contributed by atoms with E-state index in [1.807, 2.05) is 0 Å². The number of hydrazine groups is 1. The van der Waals surface area contributed by atoms with Crippen LogP contribution in [0.3, 0.4) is 0 Å². The van der Waals surface area contributed by atoms with E-state index in [4.69, 9.17) is 25.8 Å². The highest BCUT2D eigenvalue weighted by molar-refractivity contribution is 5.06. The molecule has 3 fully saturated rings. The third-order valence-electron chi connectivity index (χ3n) is 6.97. The molecule has 3 aliphatic rings. The predicted octanol–water partition coefficient (Wildman–Crippen LogP) is 1.47. The SMILES string of the molecule is CCCN(N)/C=C(\N)CO[C@@H]1O[C@@H]2O[C@@H](C)CC[C@H]3[C@H](C)CC[C@@H]([C@H]1C)[C@@]23O.O. The molecular weight excluding hydrogens is 374 g/mol. The summed E-state index contributed by atoms with van der Waals surface area (Å²) in [5.74, 6) is 6.71. The van der Waals surface area contributed by atoms with E-state index < -0.39 is 18.2 Å². The van der Waals surface area contributed by atoms with Crippen molar-refractivity contribution in [3.05, 3.63) is 11.9 Å². The second-order valence-electron chi connectivity index (χ2n) is 9.13. The Labute approximate surface area is 174 Å². The first-order valence-corrected chi connectivity index (χ1v) is 10.9. The van der Waals surface area contributed by atoms with E-state index in [9.17, 15) is 5.11 Å². The van der Waals surface area contributed by atoms with E-state index in [0.29, 0.717) is 11.6 Å². The zero-order chi connectivity index (χ0) is 20.5. The molecule has 0 aromatic rings. The lowest BCUT2D eigenvalue weighted by molar-refractivity contribution is -0.381. The van der Waals surface area contributed by atoms with Gasteiger partial charge in [0.05, 0.1) is 18.4 Å². The van der Waals surface area contributed by atoms with Gasteiger partial charge < -0.3 is 35.5 Å². The molecule has 0 unspecified atom stereocenters. The van der Waals surface area contributed by atoms with Crippen LogP contribution in [-0.4, -0.2) is 53.0 Å². The normalized spacial score (nSPS) is 42.4. The van der Waals surface area contributed by atoms with Crippen LogP contribution in [0.1, 0.15) is 59.8 Å². The molecule has 8 atom stereocenters. The van der Waals surface area contributed by atoms with Crippen LogP contribution >= 0.6 is 0 Å². The Morgan fingerprint density at radius 2 is 1.86 bits per heavy atom. The van der Waals surface area contributed by atoms with Gasteiger partial charge in [0, 0.05) is 24.6 Å². The van der Waals surface area contributed by atoms with Crippen molar-refractivity contribution in [2.24, 2.45) is 35.2 Å². The topological polar surface area (TPSA) is 135 Å². The molecule has 8 nitrogen and oxygen atoms in total.